The molecule has 1 amide bonds. The second-order valence-electron chi connectivity index (χ2n) is 7.68. The summed E-state index contributed by atoms with van der Waals surface area (Å²) in [5, 5.41) is 3.05. The van der Waals surface area contributed by atoms with E-state index in [1.54, 1.807) is 48.5 Å². The van der Waals surface area contributed by atoms with Gasteiger partial charge in [0, 0.05) is 12.6 Å². The smallest absolute Gasteiger partial charge is 0.264 e. The van der Waals surface area contributed by atoms with Crippen LogP contribution in [-0.4, -0.2) is 21.4 Å². The molecule has 0 fully saturated rings. The lowest BCUT2D eigenvalue weighted by Gasteiger charge is -2.21. The minimum atomic E-state index is -3.72. The topological polar surface area (TPSA) is 66.5 Å². The number of benzene rings is 3. The van der Waals surface area contributed by atoms with Gasteiger partial charge in [0.2, 0.25) is 0 Å². The molecule has 162 valence electrons. The molecular formula is C25H28N2O3S. The second-order valence-corrected chi connectivity index (χ2v) is 9.65. The van der Waals surface area contributed by atoms with E-state index in [0.29, 0.717) is 11.3 Å². The number of hydrogen-bond donors (Lipinski definition) is 1. The Bertz CT molecular complexity index is 1150. The fourth-order valence-corrected chi connectivity index (χ4v) is 4.50. The highest BCUT2D eigenvalue weighted by Gasteiger charge is 2.22. The highest BCUT2D eigenvalue weighted by atomic mass is 32.2. The third-order valence-corrected chi connectivity index (χ3v) is 7.14. The molecule has 3 rings (SSSR count). The highest BCUT2D eigenvalue weighted by molar-refractivity contribution is 7.92. The van der Waals surface area contributed by atoms with Crippen LogP contribution in [0.4, 0.5) is 5.69 Å². The highest BCUT2D eigenvalue weighted by Crippen LogP contribution is 2.24. The summed E-state index contributed by atoms with van der Waals surface area (Å²) < 4.78 is 27.2. The predicted octanol–water partition coefficient (Wildman–Crippen LogP) is 5.01. The Kier molecular flexibility index (Phi) is 6.81. The summed E-state index contributed by atoms with van der Waals surface area (Å²) in [6.45, 7) is 5.95. The summed E-state index contributed by atoms with van der Waals surface area (Å²) in [4.78, 5) is 13.1. The zero-order chi connectivity index (χ0) is 22.6. The minimum Gasteiger partial charge on any atom is -0.345 e. The lowest BCUT2D eigenvalue weighted by Crippen LogP contribution is -2.29. The summed E-state index contributed by atoms with van der Waals surface area (Å²) in [5.41, 5.74) is 4.03. The summed E-state index contributed by atoms with van der Waals surface area (Å²) in [5.74, 6) is -0.240. The molecule has 3 aromatic carbocycles. The van der Waals surface area contributed by atoms with Crippen molar-refractivity contribution in [3.8, 4) is 0 Å². The van der Waals surface area contributed by atoms with Crippen LogP contribution < -0.4 is 9.62 Å². The van der Waals surface area contributed by atoms with Gasteiger partial charge in [0.05, 0.1) is 16.6 Å². The van der Waals surface area contributed by atoms with Crippen LogP contribution in [0.2, 0.25) is 0 Å². The van der Waals surface area contributed by atoms with E-state index in [2.05, 4.69) is 5.32 Å². The Labute approximate surface area is 184 Å². The van der Waals surface area contributed by atoms with E-state index in [1.165, 1.54) is 11.4 Å². The number of carbonyl (C=O) groups is 1. The normalized spacial score (nSPS) is 12.3. The number of sulfonamides is 1. The standard InChI is InChI=1S/C25H28N2O3S/c1-5-24(20-13-9-18(2)10-14-20)26-25(28)21-7-6-8-22(17-21)27(4)31(29,30)23-15-11-19(3)12-16-23/h6-17,24H,5H2,1-4H3,(H,26,28)/t24-/m0/s1. The van der Waals surface area contributed by atoms with E-state index in [4.69, 9.17) is 0 Å². The van der Waals surface area contributed by atoms with Crippen LogP contribution in [-0.2, 0) is 10.0 Å². The first kappa shape index (κ1) is 22.6. The molecule has 0 bridgehead atoms. The molecule has 0 aliphatic heterocycles. The van der Waals surface area contributed by atoms with E-state index in [-0.39, 0.29) is 16.8 Å². The molecule has 0 aliphatic rings. The van der Waals surface area contributed by atoms with Crippen molar-refractivity contribution in [2.45, 2.75) is 38.1 Å². The number of rotatable bonds is 7. The largest absolute Gasteiger partial charge is 0.345 e. The molecule has 0 aliphatic carbocycles. The molecule has 0 saturated carbocycles. The lowest BCUT2D eigenvalue weighted by atomic mass is 10.0. The predicted molar refractivity (Wildman–Crippen MR) is 125 cm³/mol. The Morgan fingerprint density at radius 1 is 0.935 bits per heavy atom. The zero-order valence-corrected chi connectivity index (χ0v) is 19.1. The van der Waals surface area contributed by atoms with Gasteiger partial charge in [0.25, 0.3) is 15.9 Å². The van der Waals surface area contributed by atoms with Crippen molar-refractivity contribution in [2.24, 2.45) is 0 Å². The van der Waals surface area contributed by atoms with Crippen LogP contribution >= 0.6 is 0 Å². The van der Waals surface area contributed by atoms with E-state index >= 15 is 0 Å². The number of anilines is 1. The molecule has 31 heavy (non-hydrogen) atoms. The van der Waals surface area contributed by atoms with Gasteiger partial charge < -0.3 is 5.32 Å². The van der Waals surface area contributed by atoms with Crippen molar-refractivity contribution in [3.63, 3.8) is 0 Å². The van der Waals surface area contributed by atoms with E-state index in [0.717, 1.165) is 23.1 Å². The second kappa shape index (κ2) is 9.35. The van der Waals surface area contributed by atoms with Crippen LogP contribution in [0, 0.1) is 13.8 Å². The summed E-state index contributed by atoms with van der Waals surface area (Å²) in [6.07, 6.45) is 0.746. The average Bonchev–Trinajstić information content (AvgIpc) is 2.78. The molecule has 0 aromatic heterocycles. The molecule has 1 N–H and O–H groups in total. The Morgan fingerprint density at radius 3 is 2.10 bits per heavy atom. The molecule has 3 aromatic rings. The van der Waals surface area contributed by atoms with Gasteiger partial charge in [-0.25, -0.2) is 8.42 Å². The van der Waals surface area contributed by atoms with Crippen LogP contribution in [0.15, 0.2) is 77.7 Å². The third kappa shape index (κ3) is 5.14. The van der Waals surface area contributed by atoms with Gasteiger partial charge in [-0.3, -0.25) is 9.10 Å². The molecule has 0 spiro atoms. The van der Waals surface area contributed by atoms with Crippen LogP contribution in [0.5, 0.6) is 0 Å². The van der Waals surface area contributed by atoms with Crippen molar-refractivity contribution in [3.05, 3.63) is 95.1 Å². The maximum absolute atomic E-state index is 13.0. The van der Waals surface area contributed by atoms with E-state index in [9.17, 15) is 13.2 Å². The zero-order valence-electron chi connectivity index (χ0n) is 18.3. The number of amides is 1. The molecule has 5 nitrogen and oxygen atoms in total. The fourth-order valence-electron chi connectivity index (χ4n) is 3.31. The average molecular weight is 437 g/mol. The summed E-state index contributed by atoms with van der Waals surface area (Å²) in [6, 6.07) is 21.3. The lowest BCUT2D eigenvalue weighted by molar-refractivity contribution is 0.0935. The minimum absolute atomic E-state index is 0.120. The van der Waals surface area contributed by atoms with Crippen LogP contribution in [0.25, 0.3) is 0 Å². The maximum atomic E-state index is 13.0. The van der Waals surface area contributed by atoms with Crippen molar-refractivity contribution in [1.82, 2.24) is 5.32 Å². The van der Waals surface area contributed by atoms with E-state index in [1.807, 2.05) is 45.0 Å². The fraction of sp³-hybridized carbons (Fsp3) is 0.240. The van der Waals surface area contributed by atoms with Crippen molar-refractivity contribution in [1.29, 1.82) is 0 Å². The van der Waals surface area contributed by atoms with Crippen LogP contribution in [0.3, 0.4) is 0 Å². The molecular weight excluding hydrogens is 408 g/mol. The van der Waals surface area contributed by atoms with Gasteiger partial charge >= 0.3 is 0 Å². The van der Waals surface area contributed by atoms with Crippen molar-refractivity contribution in [2.75, 3.05) is 11.4 Å². The molecule has 0 radical (unpaired) electrons. The summed E-state index contributed by atoms with van der Waals surface area (Å²) >= 11 is 0. The monoisotopic (exact) mass is 436 g/mol. The Hall–Kier alpha value is -3.12. The number of aryl methyl sites for hydroxylation is 2. The van der Waals surface area contributed by atoms with Gasteiger partial charge in [-0.05, 0) is 56.2 Å². The first-order valence-electron chi connectivity index (χ1n) is 10.3. The summed E-state index contributed by atoms with van der Waals surface area (Å²) in [7, 11) is -2.23. The van der Waals surface area contributed by atoms with E-state index < -0.39 is 10.0 Å². The van der Waals surface area contributed by atoms with Crippen molar-refractivity contribution < 1.29 is 13.2 Å². The first-order chi connectivity index (χ1) is 14.7. The van der Waals surface area contributed by atoms with Gasteiger partial charge in [-0.15, -0.1) is 0 Å². The molecule has 0 unspecified atom stereocenters. The molecule has 0 saturated heterocycles. The van der Waals surface area contributed by atoms with Crippen LogP contribution in [0.1, 0.15) is 46.4 Å². The van der Waals surface area contributed by atoms with Gasteiger partial charge in [-0.1, -0.05) is 60.5 Å². The Morgan fingerprint density at radius 2 is 1.52 bits per heavy atom. The first-order valence-corrected chi connectivity index (χ1v) is 11.7. The number of carbonyl (C=O) groups excluding carboxylic acids is 1. The third-order valence-electron chi connectivity index (χ3n) is 5.34. The molecule has 0 heterocycles. The maximum Gasteiger partial charge on any atom is 0.264 e. The quantitative estimate of drug-likeness (QED) is 0.566. The molecule has 6 heteroatoms. The van der Waals surface area contributed by atoms with Gasteiger partial charge in [-0.2, -0.15) is 0 Å². The SMILES string of the molecule is CC[C@H](NC(=O)c1cccc(N(C)S(=O)(=O)c2ccc(C)cc2)c1)c1ccc(C)cc1. The number of nitrogens with zero attached hydrogens (tertiary/aromatic N) is 1. The van der Waals surface area contributed by atoms with Crippen molar-refractivity contribution >= 4 is 21.6 Å². The van der Waals surface area contributed by atoms with Gasteiger partial charge in [0.1, 0.15) is 0 Å². The molecule has 1 atom stereocenters. The number of nitrogens with one attached hydrogen (secondary N) is 1. The Balaban J connectivity index is 1.82. The van der Waals surface area contributed by atoms with Gasteiger partial charge in [0.15, 0.2) is 0 Å². The number of hydrogen-bond acceptors (Lipinski definition) is 3.